The first-order chi connectivity index (χ1) is 8.67. The molecule has 1 heterocycles. The van der Waals surface area contributed by atoms with Crippen molar-refractivity contribution in [2.75, 3.05) is 11.9 Å². The zero-order valence-corrected chi connectivity index (χ0v) is 12.0. The molecule has 1 aliphatic carbocycles. The molecule has 98 valence electrons. The number of nitrogens with zero attached hydrogens (tertiary/aromatic N) is 2. The fourth-order valence-corrected chi connectivity index (χ4v) is 1.99. The quantitative estimate of drug-likeness (QED) is 0.787. The van der Waals surface area contributed by atoms with E-state index in [0.717, 1.165) is 36.1 Å². The second kappa shape index (κ2) is 6.13. The SMILES string of the molecule is CCCc1nc(Br)cc(NCC(=O)NC2CC2)n1. The minimum absolute atomic E-state index is 0.0178. The van der Waals surface area contributed by atoms with Gasteiger partial charge >= 0.3 is 0 Å². The van der Waals surface area contributed by atoms with Gasteiger partial charge in [-0.25, -0.2) is 9.97 Å². The molecule has 0 bridgehead atoms. The van der Waals surface area contributed by atoms with Crippen molar-refractivity contribution in [3.8, 4) is 0 Å². The highest BCUT2D eigenvalue weighted by atomic mass is 79.9. The van der Waals surface area contributed by atoms with Crippen molar-refractivity contribution < 1.29 is 4.79 Å². The van der Waals surface area contributed by atoms with Crippen LogP contribution in [0.15, 0.2) is 10.7 Å². The molecule has 0 atom stereocenters. The van der Waals surface area contributed by atoms with Gasteiger partial charge in [-0.2, -0.15) is 0 Å². The van der Waals surface area contributed by atoms with Crippen LogP contribution in [0.1, 0.15) is 32.0 Å². The average molecular weight is 313 g/mol. The summed E-state index contributed by atoms with van der Waals surface area (Å²) in [5.41, 5.74) is 0. The van der Waals surface area contributed by atoms with Crippen molar-refractivity contribution in [2.45, 2.75) is 38.6 Å². The van der Waals surface area contributed by atoms with Crippen molar-refractivity contribution >= 4 is 27.7 Å². The lowest BCUT2D eigenvalue weighted by molar-refractivity contribution is -0.119. The Morgan fingerprint density at radius 1 is 1.50 bits per heavy atom. The maximum Gasteiger partial charge on any atom is 0.239 e. The summed E-state index contributed by atoms with van der Waals surface area (Å²) in [4.78, 5) is 20.2. The lowest BCUT2D eigenvalue weighted by Gasteiger charge is -2.08. The number of aromatic nitrogens is 2. The highest BCUT2D eigenvalue weighted by molar-refractivity contribution is 9.10. The fraction of sp³-hybridized carbons (Fsp3) is 0.583. The number of hydrogen-bond donors (Lipinski definition) is 2. The van der Waals surface area contributed by atoms with Gasteiger partial charge in [-0.1, -0.05) is 6.92 Å². The Bertz CT molecular complexity index is 434. The van der Waals surface area contributed by atoms with E-state index in [1.165, 1.54) is 0 Å². The molecule has 0 aliphatic heterocycles. The zero-order chi connectivity index (χ0) is 13.0. The molecule has 0 aromatic carbocycles. The Balaban J connectivity index is 1.88. The van der Waals surface area contributed by atoms with Gasteiger partial charge in [0.2, 0.25) is 5.91 Å². The highest BCUT2D eigenvalue weighted by Gasteiger charge is 2.22. The van der Waals surface area contributed by atoms with Gasteiger partial charge in [0.1, 0.15) is 16.2 Å². The van der Waals surface area contributed by atoms with Gasteiger partial charge in [-0.3, -0.25) is 4.79 Å². The van der Waals surface area contributed by atoms with E-state index >= 15 is 0 Å². The Morgan fingerprint density at radius 2 is 2.28 bits per heavy atom. The summed E-state index contributed by atoms with van der Waals surface area (Å²) < 4.78 is 0.742. The molecule has 0 radical (unpaired) electrons. The van der Waals surface area contributed by atoms with Gasteiger partial charge < -0.3 is 10.6 Å². The lowest BCUT2D eigenvalue weighted by Crippen LogP contribution is -2.31. The standard InChI is InChI=1S/C12H17BrN4O/c1-2-3-10-16-9(13)6-11(17-10)14-7-12(18)15-8-4-5-8/h6,8H,2-5,7H2,1H3,(H,15,18)(H,14,16,17). The van der Waals surface area contributed by atoms with Crippen LogP contribution in [0.5, 0.6) is 0 Å². The van der Waals surface area contributed by atoms with Gasteiger partial charge in [0.25, 0.3) is 0 Å². The number of amides is 1. The molecule has 1 amide bonds. The van der Waals surface area contributed by atoms with Crippen LogP contribution in [-0.2, 0) is 11.2 Å². The first kappa shape index (κ1) is 13.3. The van der Waals surface area contributed by atoms with E-state index in [4.69, 9.17) is 0 Å². The third-order valence-corrected chi connectivity index (χ3v) is 2.99. The molecule has 2 N–H and O–H groups in total. The minimum Gasteiger partial charge on any atom is -0.361 e. The largest absolute Gasteiger partial charge is 0.361 e. The first-order valence-electron chi connectivity index (χ1n) is 6.24. The third-order valence-electron chi connectivity index (χ3n) is 2.59. The summed E-state index contributed by atoms with van der Waals surface area (Å²) in [5.74, 6) is 1.49. The lowest BCUT2D eigenvalue weighted by atomic mass is 10.3. The van der Waals surface area contributed by atoms with E-state index in [-0.39, 0.29) is 12.5 Å². The van der Waals surface area contributed by atoms with Gasteiger partial charge in [0.15, 0.2) is 0 Å². The fourth-order valence-electron chi connectivity index (χ4n) is 1.57. The Hall–Kier alpha value is -1.17. The summed E-state index contributed by atoms with van der Waals surface area (Å²) in [6.45, 7) is 2.34. The van der Waals surface area contributed by atoms with Crippen LogP contribution in [0.25, 0.3) is 0 Å². The van der Waals surface area contributed by atoms with Crippen molar-refractivity contribution in [1.29, 1.82) is 0 Å². The molecule has 0 spiro atoms. The smallest absolute Gasteiger partial charge is 0.239 e. The molecule has 6 heteroatoms. The van der Waals surface area contributed by atoms with Crippen molar-refractivity contribution in [2.24, 2.45) is 0 Å². The topological polar surface area (TPSA) is 66.9 Å². The van der Waals surface area contributed by atoms with Crippen molar-refractivity contribution in [1.82, 2.24) is 15.3 Å². The summed E-state index contributed by atoms with van der Waals surface area (Å²) in [7, 11) is 0. The van der Waals surface area contributed by atoms with Crippen LogP contribution in [0.3, 0.4) is 0 Å². The van der Waals surface area contributed by atoms with Gasteiger partial charge in [0, 0.05) is 18.5 Å². The zero-order valence-electron chi connectivity index (χ0n) is 10.4. The van der Waals surface area contributed by atoms with Crippen molar-refractivity contribution in [3.63, 3.8) is 0 Å². The Kier molecular flexibility index (Phi) is 4.52. The van der Waals surface area contributed by atoms with Gasteiger partial charge in [-0.15, -0.1) is 0 Å². The van der Waals surface area contributed by atoms with Crippen LogP contribution >= 0.6 is 15.9 Å². The number of nitrogens with one attached hydrogen (secondary N) is 2. The number of aryl methyl sites for hydroxylation is 1. The van der Waals surface area contributed by atoms with Gasteiger partial charge in [-0.05, 0) is 35.2 Å². The number of carbonyl (C=O) groups excluding carboxylic acids is 1. The molecule has 18 heavy (non-hydrogen) atoms. The van der Waals surface area contributed by atoms with Crippen LogP contribution in [0.2, 0.25) is 0 Å². The highest BCUT2D eigenvalue weighted by Crippen LogP contribution is 2.18. The predicted molar refractivity (Wildman–Crippen MR) is 73.4 cm³/mol. The molecule has 0 unspecified atom stereocenters. The van der Waals surface area contributed by atoms with E-state index in [1.54, 1.807) is 6.07 Å². The second-order valence-corrected chi connectivity index (χ2v) is 5.25. The first-order valence-corrected chi connectivity index (χ1v) is 7.03. The molecule has 1 saturated carbocycles. The number of carbonyl (C=O) groups is 1. The van der Waals surface area contributed by atoms with Gasteiger partial charge in [0.05, 0.1) is 6.54 Å². The van der Waals surface area contributed by atoms with Crippen LogP contribution < -0.4 is 10.6 Å². The number of hydrogen-bond acceptors (Lipinski definition) is 4. The molecule has 1 aromatic heterocycles. The minimum atomic E-state index is 0.0178. The molecule has 1 aliphatic rings. The number of rotatable bonds is 6. The van der Waals surface area contributed by atoms with E-state index in [9.17, 15) is 4.79 Å². The molecule has 5 nitrogen and oxygen atoms in total. The molecular weight excluding hydrogens is 296 g/mol. The average Bonchev–Trinajstić information content (AvgIpc) is 3.10. The summed E-state index contributed by atoms with van der Waals surface area (Å²) >= 11 is 3.35. The van der Waals surface area contributed by atoms with Crippen molar-refractivity contribution in [3.05, 3.63) is 16.5 Å². The van der Waals surface area contributed by atoms with Crippen LogP contribution in [0, 0.1) is 0 Å². The second-order valence-electron chi connectivity index (χ2n) is 4.44. The van der Waals surface area contributed by atoms with Crippen LogP contribution in [-0.4, -0.2) is 28.5 Å². The van der Waals surface area contributed by atoms with E-state index in [2.05, 4.69) is 43.5 Å². The summed E-state index contributed by atoms with van der Waals surface area (Å²) in [5, 5.41) is 5.95. The van der Waals surface area contributed by atoms with Crippen LogP contribution in [0.4, 0.5) is 5.82 Å². The maximum atomic E-state index is 11.5. The molecule has 1 fully saturated rings. The normalized spacial score (nSPS) is 14.3. The Labute approximate surface area is 115 Å². The van der Waals surface area contributed by atoms with E-state index < -0.39 is 0 Å². The summed E-state index contributed by atoms with van der Waals surface area (Å²) in [6.07, 6.45) is 4.04. The molecule has 1 aromatic rings. The van der Waals surface area contributed by atoms with E-state index in [0.29, 0.717) is 11.9 Å². The number of halogens is 1. The monoisotopic (exact) mass is 312 g/mol. The van der Waals surface area contributed by atoms with E-state index in [1.807, 2.05) is 0 Å². The maximum absolute atomic E-state index is 11.5. The molecule has 2 rings (SSSR count). The number of anilines is 1. The summed E-state index contributed by atoms with van der Waals surface area (Å²) in [6, 6.07) is 2.18. The Morgan fingerprint density at radius 3 is 2.94 bits per heavy atom. The molecular formula is C12H17BrN4O. The third kappa shape index (κ3) is 4.25. The predicted octanol–water partition coefficient (Wildman–Crippen LogP) is 1.88. The molecule has 0 saturated heterocycles.